The molecule has 1 atom stereocenters. The largest absolute Gasteiger partial charge is 0.477 e. The van der Waals surface area contributed by atoms with Crippen molar-refractivity contribution in [2.75, 3.05) is 23.7 Å². The fraction of sp³-hybridized carbons (Fsp3) is 0.417. The molecule has 102 valence electrons. The van der Waals surface area contributed by atoms with E-state index in [4.69, 9.17) is 10.8 Å². The molecule has 4 N–H and O–H groups in total. The molecule has 7 heteroatoms. The lowest BCUT2D eigenvalue weighted by molar-refractivity contribution is -0.123. The zero-order valence-corrected chi connectivity index (χ0v) is 10.6. The Hall–Kier alpha value is -2.31. The predicted octanol–water partition coefficient (Wildman–Crippen LogP) is 0.0768. The first kappa shape index (κ1) is 13.1. The Morgan fingerprint density at radius 3 is 3.00 bits per heavy atom. The van der Waals surface area contributed by atoms with Gasteiger partial charge in [0.05, 0.1) is 5.69 Å². The Morgan fingerprint density at radius 2 is 2.37 bits per heavy atom. The molecule has 2 heterocycles. The first-order chi connectivity index (χ1) is 9.04. The summed E-state index contributed by atoms with van der Waals surface area (Å²) in [6.45, 7) is 2.94. The SMILES string of the molecule is CCC1C(=O)NCCN1c1nc(C(=O)O)ccc1N. The van der Waals surface area contributed by atoms with Gasteiger partial charge in [0, 0.05) is 13.1 Å². The normalized spacial score (nSPS) is 19.1. The van der Waals surface area contributed by atoms with E-state index in [1.54, 1.807) is 4.90 Å². The third kappa shape index (κ3) is 2.44. The summed E-state index contributed by atoms with van der Waals surface area (Å²) in [5, 5.41) is 11.7. The number of pyridine rings is 1. The van der Waals surface area contributed by atoms with Gasteiger partial charge in [0.15, 0.2) is 11.5 Å². The number of hydrogen-bond acceptors (Lipinski definition) is 5. The number of aromatic carboxylic acids is 1. The maximum Gasteiger partial charge on any atom is 0.354 e. The van der Waals surface area contributed by atoms with E-state index < -0.39 is 5.97 Å². The molecule has 0 bridgehead atoms. The van der Waals surface area contributed by atoms with Crippen LogP contribution in [0.4, 0.5) is 11.5 Å². The number of carboxylic acids is 1. The second-order valence-corrected chi connectivity index (χ2v) is 4.32. The van der Waals surface area contributed by atoms with Gasteiger partial charge in [0.1, 0.15) is 6.04 Å². The Labute approximate surface area is 110 Å². The van der Waals surface area contributed by atoms with Gasteiger partial charge in [0.25, 0.3) is 0 Å². The number of hydrogen-bond donors (Lipinski definition) is 3. The highest BCUT2D eigenvalue weighted by atomic mass is 16.4. The summed E-state index contributed by atoms with van der Waals surface area (Å²) in [5.41, 5.74) is 6.15. The molecule has 1 aromatic heterocycles. The molecule has 0 radical (unpaired) electrons. The highest BCUT2D eigenvalue weighted by Crippen LogP contribution is 2.25. The van der Waals surface area contributed by atoms with E-state index in [9.17, 15) is 9.59 Å². The van der Waals surface area contributed by atoms with Crippen LogP contribution in [-0.2, 0) is 4.79 Å². The zero-order valence-electron chi connectivity index (χ0n) is 10.6. The number of nitrogen functional groups attached to an aromatic ring is 1. The number of rotatable bonds is 3. The zero-order chi connectivity index (χ0) is 14.0. The van der Waals surface area contributed by atoms with Crippen molar-refractivity contribution >= 4 is 23.4 Å². The third-order valence-electron chi connectivity index (χ3n) is 3.11. The number of nitrogens with one attached hydrogen (secondary N) is 1. The van der Waals surface area contributed by atoms with Gasteiger partial charge >= 0.3 is 5.97 Å². The van der Waals surface area contributed by atoms with Gasteiger partial charge in [-0.1, -0.05) is 6.92 Å². The summed E-state index contributed by atoms with van der Waals surface area (Å²) < 4.78 is 0. The maximum atomic E-state index is 11.8. The minimum absolute atomic E-state index is 0.0787. The molecule has 1 fully saturated rings. The number of carboxylic acid groups (broad SMARTS) is 1. The second kappa shape index (κ2) is 5.13. The van der Waals surface area contributed by atoms with Crippen LogP contribution in [0.3, 0.4) is 0 Å². The van der Waals surface area contributed by atoms with Crippen molar-refractivity contribution in [3.63, 3.8) is 0 Å². The average Bonchev–Trinajstić information content (AvgIpc) is 2.38. The summed E-state index contributed by atoms with van der Waals surface area (Å²) in [5.74, 6) is -0.840. The Kier molecular flexibility index (Phi) is 3.55. The van der Waals surface area contributed by atoms with E-state index >= 15 is 0 Å². The van der Waals surface area contributed by atoms with Crippen molar-refractivity contribution in [2.24, 2.45) is 0 Å². The summed E-state index contributed by atoms with van der Waals surface area (Å²) in [4.78, 5) is 28.6. The minimum Gasteiger partial charge on any atom is -0.477 e. The van der Waals surface area contributed by atoms with Crippen molar-refractivity contribution in [1.82, 2.24) is 10.3 Å². The molecular weight excluding hydrogens is 248 g/mol. The van der Waals surface area contributed by atoms with Crippen LogP contribution in [0, 0.1) is 0 Å². The van der Waals surface area contributed by atoms with E-state index in [1.807, 2.05) is 6.92 Å². The molecule has 0 saturated carbocycles. The molecule has 1 amide bonds. The highest BCUT2D eigenvalue weighted by molar-refractivity contribution is 5.89. The first-order valence-electron chi connectivity index (χ1n) is 6.08. The summed E-state index contributed by atoms with van der Waals surface area (Å²) >= 11 is 0. The highest BCUT2D eigenvalue weighted by Gasteiger charge is 2.30. The number of carbonyl (C=O) groups excluding carboxylic acids is 1. The average molecular weight is 264 g/mol. The fourth-order valence-electron chi connectivity index (χ4n) is 2.18. The van der Waals surface area contributed by atoms with Gasteiger partial charge in [-0.05, 0) is 18.6 Å². The van der Waals surface area contributed by atoms with Crippen LogP contribution in [-0.4, -0.2) is 41.1 Å². The number of carbonyl (C=O) groups is 2. The second-order valence-electron chi connectivity index (χ2n) is 4.32. The van der Waals surface area contributed by atoms with Gasteiger partial charge in [-0.25, -0.2) is 9.78 Å². The molecular formula is C12H16N4O3. The van der Waals surface area contributed by atoms with Gasteiger partial charge in [-0.3, -0.25) is 4.79 Å². The Morgan fingerprint density at radius 1 is 1.63 bits per heavy atom. The molecule has 2 rings (SSSR count). The van der Waals surface area contributed by atoms with Crippen molar-refractivity contribution in [2.45, 2.75) is 19.4 Å². The molecule has 1 saturated heterocycles. The molecule has 1 unspecified atom stereocenters. The van der Waals surface area contributed by atoms with Gasteiger partial charge in [0.2, 0.25) is 5.91 Å². The number of anilines is 2. The monoisotopic (exact) mass is 264 g/mol. The Bertz CT molecular complexity index is 518. The van der Waals surface area contributed by atoms with Gasteiger partial charge in [-0.2, -0.15) is 0 Å². The van der Waals surface area contributed by atoms with E-state index in [-0.39, 0.29) is 17.6 Å². The molecule has 19 heavy (non-hydrogen) atoms. The Balaban J connectivity index is 2.41. The molecule has 0 spiro atoms. The number of piperazine rings is 1. The lowest BCUT2D eigenvalue weighted by Crippen LogP contribution is -2.55. The summed E-state index contributed by atoms with van der Waals surface area (Å²) in [7, 11) is 0. The molecule has 0 aliphatic carbocycles. The first-order valence-corrected chi connectivity index (χ1v) is 6.08. The van der Waals surface area contributed by atoms with Gasteiger partial charge < -0.3 is 21.1 Å². The predicted molar refractivity (Wildman–Crippen MR) is 70.0 cm³/mol. The van der Waals surface area contributed by atoms with E-state index in [0.29, 0.717) is 31.0 Å². The van der Waals surface area contributed by atoms with Crippen molar-refractivity contribution in [3.05, 3.63) is 17.8 Å². The molecule has 1 aliphatic rings. The lowest BCUT2D eigenvalue weighted by atomic mass is 10.1. The topological polar surface area (TPSA) is 109 Å². The minimum atomic E-state index is -1.12. The van der Waals surface area contributed by atoms with Crippen LogP contribution < -0.4 is 16.0 Å². The van der Waals surface area contributed by atoms with Gasteiger partial charge in [-0.15, -0.1) is 0 Å². The van der Waals surface area contributed by atoms with Crippen LogP contribution in [0.5, 0.6) is 0 Å². The van der Waals surface area contributed by atoms with Crippen LogP contribution in [0.1, 0.15) is 23.8 Å². The van der Waals surface area contributed by atoms with Crippen molar-refractivity contribution in [1.29, 1.82) is 0 Å². The summed E-state index contributed by atoms with van der Waals surface area (Å²) in [6, 6.07) is 2.49. The summed E-state index contributed by atoms with van der Waals surface area (Å²) in [6.07, 6.45) is 0.601. The smallest absolute Gasteiger partial charge is 0.354 e. The van der Waals surface area contributed by atoms with Crippen LogP contribution in [0.2, 0.25) is 0 Å². The number of aromatic nitrogens is 1. The molecule has 1 aromatic rings. The van der Waals surface area contributed by atoms with Crippen LogP contribution in [0.15, 0.2) is 12.1 Å². The standard InChI is InChI=1S/C12H16N4O3/c1-2-9-11(17)14-5-6-16(9)10-7(13)3-4-8(15-10)12(18)19/h3-4,9H,2,5-6,13H2,1H3,(H,14,17)(H,18,19). The number of nitrogens with two attached hydrogens (primary N) is 1. The van der Waals surface area contributed by atoms with E-state index in [2.05, 4.69) is 10.3 Å². The van der Waals surface area contributed by atoms with E-state index in [0.717, 1.165) is 0 Å². The number of amides is 1. The van der Waals surface area contributed by atoms with Crippen LogP contribution in [0.25, 0.3) is 0 Å². The third-order valence-corrected chi connectivity index (χ3v) is 3.11. The number of nitrogens with zero attached hydrogens (tertiary/aromatic N) is 2. The quantitative estimate of drug-likeness (QED) is 0.713. The van der Waals surface area contributed by atoms with Crippen molar-refractivity contribution < 1.29 is 14.7 Å². The fourth-order valence-corrected chi connectivity index (χ4v) is 2.18. The van der Waals surface area contributed by atoms with E-state index in [1.165, 1.54) is 12.1 Å². The maximum absolute atomic E-state index is 11.8. The lowest BCUT2D eigenvalue weighted by Gasteiger charge is -2.36. The molecule has 0 aromatic carbocycles. The van der Waals surface area contributed by atoms with Crippen molar-refractivity contribution in [3.8, 4) is 0 Å². The molecule has 7 nitrogen and oxygen atoms in total. The molecule has 1 aliphatic heterocycles. The van der Waals surface area contributed by atoms with Crippen LogP contribution >= 0.6 is 0 Å².